The highest BCUT2D eigenvalue weighted by molar-refractivity contribution is 6.32. The van der Waals surface area contributed by atoms with E-state index >= 15 is 0 Å². The van der Waals surface area contributed by atoms with E-state index in [0.717, 1.165) is 6.08 Å². The van der Waals surface area contributed by atoms with Crippen molar-refractivity contribution in [3.05, 3.63) is 40.4 Å². The summed E-state index contributed by atoms with van der Waals surface area (Å²) in [6, 6.07) is 4.97. The molecule has 1 aromatic rings. The highest BCUT2D eigenvalue weighted by atomic mass is 35.5. The maximum Gasteiger partial charge on any atom is 0.328 e. The second kappa shape index (κ2) is 7.27. The number of aliphatic carboxylic acids is 1. The maximum absolute atomic E-state index is 12.4. The molecule has 0 radical (unpaired) electrons. The van der Waals surface area contributed by atoms with Gasteiger partial charge in [0, 0.05) is 29.8 Å². The minimum Gasteiger partial charge on any atom is -0.478 e. The van der Waals surface area contributed by atoms with Gasteiger partial charge in [-0.15, -0.1) is 0 Å². The van der Waals surface area contributed by atoms with Crippen molar-refractivity contribution >= 4 is 29.6 Å². The standard InChI is InChI=1S/C16H20ClNO3/c1-10(2)11(3)18(4)16(21)13-6-5-12(14(17)9-13)7-8-15(19)20/h5-11H,1-4H3,(H,19,20)/b8-7+. The van der Waals surface area contributed by atoms with E-state index in [4.69, 9.17) is 16.7 Å². The molecule has 4 nitrogen and oxygen atoms in total. The number of carbonyl (C=O) groups is 2. The molecule has 0 aliphatic carbocycles. The van der Waals surface area contributed by atoms with Crippen LogP contribution in [0.2, 0.25) is 5.02 Å². The number of benzene rings is 1. The lowest BCUT2D eigenvalue weighted by Gasteiger charge is -2.28. The van der Waals surface area contributed by atoms with Crippen LogP contribution < -0.4 is 0 Å². The van der Waals surface area contributed by atoms with E-state index in [1.807, 2.05) is 6.92 Å². The third-order valence-electron chi connectivity index (χ3n) is 3.55. The van der Waals surface area contributed by atoms with Crippen molar-refractivity contribution in [1.29, 1.82) is 0 Å². The van der Waals surface area contributed by atoms with Gasteiger partial charge in [0.1, 0.15) is 0 Å². The molecule has 0 heterocycles. The van der Waals surface area contributed by atoms with Crippen LogP contribution in [-0.4, -0.2) is 35.0 Å². The number of rotatable bonds is 5. The molecule has 0 aromatic heterocycles. The second-order valence-corrected chi connectivity index (χ2v) is 5.72. The zero-order valence-corrected chi connectivity index (χ0v) is 13.4. The van der Waals surface area contributed by atoms with Crippen LogP contribution in [0, 0.1) is 5.92 Å². The summed E-state index contributed by atoms with van der Waals surface area (Å²) in [5.41, 5.74) is 1.05. The predicted octanol–water partition coefficient (Wildman–Crippen LogP) is 3.55. The normalized spacial score (nSPS) is 12.7. The van der Waals surface area contributed by atoms with Gasteiger partial charge < -0.3 is 10.0 Å². The van der Waals surface area contributed by atoms with Crippen LogP contribution in [0.15, 0.2) is 24.3 Å². The summed E-state index contributed by atoms with van der Waals surface area (Å²) in [6.07, 6.45) is 2.41. The Labute approximate surface area is 130 Å². The van der Waals surface area contributed by atoms with Crippen LogP contribution in [-0.2, 0) is 4.79 Å². The largest absolute Gasteiger partial charge is 0.478 e. The van der Waals surface area contributed by atoms with Crippen LogP contribution in [0.25, 0.3) is 6.08 Å². The summed E-state index contributed by atoms with van der Waals surface area (Å²) in [6.45, 7) is 6.11. The fourth-order valence-electron chi connectivity index (χ4n) is 1.79. The van der Waals surface area contributed by atoms with Crippen molar-refractivity contribution < 1.29 is 14.7 Å². The van der Waals surface area contributed by atoms with Crippen molar-refractivity contribution in [2.45, 2.75) is 26.8 Å². The molecule has 0 bridgehead atoms. The second-order valence-electron chi connectivity index (χ2n) is 5.31. The minimum absolute atomic E-state index is 0.105. The fraction of sp³-hybridized carbons (Fsp3) is 0.375. The summed E-state index contributed by atoms with van der Waals surface area (Å²) in [7, 11) is 1.76. The molecule has 0 saturated heterocycles. The molecule has 0 saturated carbocycles. The Morgan fingerprint density at radius 3 is 2.38 bits per heavy atom. The molecular formula is C16H20ClNO3. The maximum atomic E-state index is 12.4. The zero-order valence-electron chi connectivity index (χ0n) is 12.6. The van der Waals surface area contributed by atoms with Crippen LogP contribution in [0.1, 0.15) is 36.7 Å². The zero-order chi connectivity index (χ0) is 16.2. The molecule has 1 unspecified atom stereocenters. The van der Waals surface area contributed by atoms with Gasteiger partial charge >= 0.3 is 5.97 Å². The van der Waals surface area contributed by atoms with E-state index in [1.54, 1.807) is 30.1 Å². The third-order valence-corrected chi connectivity index (χ3v) is 3.88. The van der Waals surface area contributed by atoms with E-state index in [9.17, 15) is 9.59 Å². The van der Waals surface area contributed by atoms with Crippen molar-refractivity contribution in [2.75, 3.05) is 7.05 Å². The summed E-state index contributed by atoms with van der Waals surface area (Å²) >= 11 is 6.09. The summed E-state index contributed by atoms with van der Waals surface area (Å²) < 4.78 is 0. The number of hydrogen-bond donors (Lipinski definition) is 1. The molecule has 1 rings (SSSR count). The first-order valence-electron chi connectivity index (χ1n) is 6.71. The van der Waals surface area contributed by atoms with Crippen LogP contribution in [0.5, 0.6) is 0 Å². The molecule has 1 amide bonds. The van der Waals surface area contributed by atoms with Gasteiger partial charge in [0.15, 0.2) is 0 Å². The third kappa shape index (κ3) is 4.60. The Morgan fingerprint density at radius 2 is 1.90 bits per heavy atom. The molecule has 1 atom stereocenters. The average molecular weight is 310 g/mol. The number of carboxylic acids is 1. The lowest BCUT2D eigenvalue weighted by atomic mass is 10.0. The molecule has 0 aliphatic rings. The van der Waals surface area contributed by atoms with Crippen molar-refractivity contribution in [2.24, 2.45) is 5.92 Å². The first kappa shape index (κ1) is 17.2. The Balaban J connectivity index is 2.98. The predicted molar refractivity (Wildman–Crippen MR) is 84.5 cm³/mol. The highest BCUT2D eigenvalue weighted by Crippen LogP contribution is 2.21. The number of halogens is 1. The van der Waals surface area contributed by atoms with Crippen molar-refractivity contribution in [3.63, 3.8) is 0 Å². The van der Waals surface area contributed by atoms with Gasteiger partial charge in [0.2, 0.25) is 0 Å². The van der Waals surface area contributed by atoms with Crippen LogP contribution >= 0.6 is 11.6 Å². The Morgan fingerprint density at radius 1 is 1.29 bits per heavy atom. The van der Waals surface area contributed by atoms with Gasteiger partial charge in [-0.2, -0.15) is 0 Å². The number of amides is 1. The van der Waals surface area contributed by atoms with Gasteiger partial charge in [-0.3, -0.25) is 4.79 Å². The molecular weight excluding hydrogens is 290 g/mol. The SMILES string of the molecule is CC(C)C(C)N(C)C(=O)c1ccc(/C=C/C(=O)O)c(Cl)c1. The monoisotopic (exact) mass is 309 g/mol. The topological polar surface area (TPSA) is 57.6 Å². The molecule has 21 heavy (non-hydrogen) atoms. The first-order chi connectivity index (χ1) is 9.73. The van der Waals surface area contributed by atoms with E-state index in [2.05, 4.69) is 13.8 Å². The quantitative estimate of drug-likeness (QED) is 0.846. The fourth-order valence-corrected chi connectivity index (χ4v) is 2.04. The number of hydrogen-bond acceptors (Lipinski definition) is 2. The lowest BCUT2D eigenvalue weighted by Crippen LogP contribution is -2.38. The molecule has 1 N–H and O–H groups in total. The Kier molecular flexibility index (Phi) is 5.97. The number of nitrogens with zero attached hydrogens (tertiary/aromatic N) is 1. The van der Waals surface area contributed by atoms with E-state index < -0.39 is 5.97 Å². The molecule has 0 spiro atoms. The molecule has 0 aliphatic heterocycles. The van der Waals surface area contributed by atoms with Gasteiger partial charge in [-0.25, -0.2) is 4.79 Å². The molecule has 0 fully saturated rings. The van der Waals surface area contributed by atoms with Gasteiger partial charge in [-0.1, -0.05) is 31.5 Å². The summed E-state index contributed by atoms with van der Waals surface area (Å²) in [4.78, 5) is 24.6. The van der Waals surface area contributed by atoms with Gasteiger partial charge in [0.05, 0.1) is 0 Å². The van der Waals surface area contributed by atoms with Gasteiger partial charge in [-0.05, 0) is 36.6 Å². The van der Waals surface area contributed by atoms with Crippen molar-refractivity contribution in [1.82, 2.24) is 4.90 Å². The summed E-state index contributed by atoms with van der Waals surface area (Å²) in [5, 5.41) is 8.95. The van der Waals surface area contributed by atoms with E-state index in [1.165, 1.54) is 6.08 Å². The highest BCUT2D eigenvalue weighted by Gasteiger charge is 2.20. The summed E-state index contributed by atoms with van der Waals surface area (Å²) in [5.74, 6) is -0.796. The van der Waals surface area contributed by atoms with Crippen LogP contribution in [0.4, 0.5) is 0 Å². The lowest BCUT2D eigenvalue weighted by molar-refractivity contribution is -0.131. The molecule has 1 aromatic carbocycles. The van der Waals surface area contributed by atoms with Crippen molar-refractivity contribution in [3.8, 4) is 0 Å². The minimum atomic E-state index is -1.04. The number of carbonyl (C=O) groups excluding carboxylic acids is 1. The molecule has 5 heteroatoms. The smallest absolute Gasteiger partial charge is 0.328 e. The van der Waals surface area contributed by atoms with Crippen LogP contribution in [0.3, 0.4) is 0 Å². The Bertz CT molecular complexity index is 567. The Hall–Kier alpha value is -1.81. The van der Waals surface area contributed by atoms with E-state index in [0.29, 0.717) is 22.1 Å². The first-order valence-corrected chi connectivity index (χ1v) is 7.09. The molecule has 114 valence electrons. The number of carboxylic acid groups (broad SMARTS) is 1. The average Bonchev–Trinajstić information content (AvgIpc) is 2.43. The van der Waals surface area contributed by atoms with Gasteiger partial charge in [0.25, 0.3) is 5.91 Å². The van der Waals surface area contributed by atoms with E-state index in [-0.39, 0.29) is 11.9 Å².